The van der Waals surface area contributed by atoms with Crippen LogP contribution in [0.15, 0.2) is 48.5 Å². The Bertz CT molecular complexity index is 988. The van der Waals surface area contributed by atoms with Gasteiger partial charge in [0, 0.05) is 11.4 Å². The van der Waals surface area contributed by atoms with Crippen LogP contribution in [0.25, 0.3) is 0 Å². The minimum Gasteiger partial charge on any atom is -0.449 e. The number of rotatable bonds is 8. The Labute approximate surface area is 171 Å². The number of sulfonamides is 1. The summed E-state index contributed by atoms with van der Waals surface area (Å²) in [6.45, 7) is 5.63. The van der Waals surface area contributed by atoms with E-state index in [0.717, 1.165) is 18.2 Å². The van der Waals surface area contributed by atoms with Crippen LogP contribution < -0.4 is 10.0 Å². The minimum absolute atomic E-state index is 0.137. The summed E-state index contributed by atoms with van der Waals surface area (Å²) in [6.07, 6.45) is 0.913. The van der Waals surface area contributed by atoms with Gasteiger partial charge in [0.25, 0.3) is 5.91 Å². The molecule has 2 aromatic carbocycles. The molecule has 7 nitrogen and oxygen atoms in total. The number of esters is 1. The van der Waals surface area contributed by atoms with Gasteiger partial charge in [0.05, 0.1) is 11.8 Å². The summed E-state index contributed by atoms with van der Waals surface area (Å²) in [4.78, 5) is 24.9. The van der Waals surface area contributed by atoms with E-state index in [-0.39, 0.29) is 17.2 Å². The maximum atomic E-state index is 12.5. The van der Waals surface area contributed by atoms with E-state index in [0.29, 0.717) is 5.69 Å². The van der Waals surface area contributed by atoms with Gasteiger partial charge >= 0.3 is 5.97 Å². The van der Waals surface area contributed by atoms with Crippen molar-refractivity contribution in [3.05, 3.63) is 59.7 Å². The number of benzene rings is 2. The number of carbonyl (C=O) groups is 2. The molecule has 0 aromatic heterocycles. The zero-order valence-corrected chi connectivity index (χ0v) is 17.7. The summed E-state index contributed by atoms with van der Waals surface area (Å²) in [7, 11) is -3.47. The van der Waals surface area contributed by atoms with Crippen molar-refractivity contribution in [3.8, 4) is 0 Å². The van der Waals surface area contributed by atoms with Crippen LogP contribution in [0.2, 0.25) is 0 Å². The lowest BCUT2D eigenvalue weighted by Gasteiger charge is -2.18. The van der Waals surface area contributed by atoms with Gasteiger partial charge in [-0.1, -0.05) is 38.1 Å². The molecule has 2 unspecified atom stereocenters. The zero-order valence-electron chi connectivity index (χ0n) is 16.9. The van der Waals surface area contributed by atoms with Crippen molar-refractivity contribution in [2.24, 2.45) is 0 Å². The van der Waals surface area contributed by atoms with Gasteiger partial charge < -0.3 is 10.1 Å². The third-order valence-electron chi connectivity index (χ3n) is 4.42. The SMILES string of the molecule is CCC(C)c1ccccc1NC(=O)C(C)OC(=O)c1cccc(NS(C)(=O)=O)c1. The fourth-order valence-corrected chi connectivity index (χ4v) is 3.26. The van der Waals surface area contributed by atoms with E-state index in [9.17, 15) is 18.0 Å². The molecule has 0 aliphatic rings. The molecule has 156 valence electrons. The highest BCUT2D eigenvalue weighted by Crippen LogP contribution is 2.26. The van der Waals surface area contributed by atoms with Gasteiger partial charge in [-0.25, -0.2) is 13.2 Å². The summed E-state index contributed by atoms with van der Waals surface area (Å²) in [6, 6.07) is 13.4. The lowest BCUT2D eigenvalue weighted by atomic mass is 9.97. The first kappa shape index (κ1) is 22.4. The second kappa shape index (κ2) is 9.56. The molecule has 0 spiro atoms. The molecule has 2 atom stereocenters. The molecule has 1 amide bonds. The van der Waals surface area contributed by atoms with E-state index < -0.39 is 28.0 Å². The molecule has 0 fully saturated rings. The van der Waals surface area contributed by atoms with E-state index in [4.69, 9.17) is 4.74 Å². The van der Waals surface area contributed by atoms with Gasteiger partial charge in [-0.05, 0) is 49.1 Å². The maximum absolute atomic E-state index is 12.5. The van der Waals surface area contributed by atoms with E-state index in [1.54, 1.807) is 0 Å². The molecule has 2 aromatic rings. The topological polar surface area (TPSA) is 102 Å². The monoisotopic (exact) mass is 418 g/mol. The van der Waals surface area contributed by atoms with Crippen LogP contribution in [0, 0.1) is 0 Å². The van der Waals surface area contributed by atoms with Gasteiger partial charge in [-0.3, -0.25) is 9.52 Å². The molecule has 0 radical (unpaired) electrons. The molecule has 2 N–H and O–H groups in total. The molecule has 8 heteroatoms. The molecule has 2 rings (SSSR count). The maximum Gasteiger partial charge on any atom is 0.338 e. The summed E-state index contributed by atoms with van der Waals surface area (Å²) in [5, 5.41) is 2.82. The third-order valence-corrected chi connectivity index (χ3v) is 5.02. The Morgan fingerprint density at radius 2 is 1.76 bits per heavy atom. The zero-order chi connectivity index (χ0) is 21.6. The van der Waals surface area contributed by atoms with Gasteiger partial charge in [-0.15, -0.1) is 0 Å². The lowest BCUT2D eigenvalue weighted by molar-refractivity contribution is -0.123. The van der Waals surface area contributed by atoms with E-state index in [1.165, 1.54) is 31.2 Å². The van der Waals surface area contributed by atoms with Crippen LogP contribution in [0.5, 0.6) is 0 Å². The summed E-state index contributed by atoms with van der Waals surface area (Å²) in [5.74, 6) is -0.894. The second-order valence-electron chi connectivity index (χ2n) is 6.89. The van der Waals surface area contributed by atoms with Crippen LogP contribution in [0.4, 0.5) is 11.4 Å². The fraction of sp³-hybridized carbons (Fsp3) is 0.333. The predicted octanol–water partition coefficient (Wildman–Crippen LogP) is 3.76. The number of amides is 1. The number of hydrogen-bond donors (Lipinski definition) is 2. The van der Waals surface area contributed by atoms with E-state index >= 15 is 0 Å². The quantitative estimate of drug-likeness (QED) is 0.636. The van der Waals surface area contributed by atoms with Crippen LogP contribution in [-0.4, -0.2) is 32.7 Å². The first-order valence-corrected chi connectivity index (χ1v) is 11.2. The Morgan fingerprint density at radius 3 is 2.41 bits per heavy atom. The van der Waals surface area contributed by atoms with Gasteiger partial charge in [0.2, 0.25) is 10.0 Å². The molecule has 0 heterocycles. The van der Waals surface area contributed by atoms with Crippen LogP contribution in [-0.2, 0) is 19.6 Å². The number of anilines is 2. The number of ether oxygens (including phenoxy) is 1. The van der Waals surface area contributed by atoms with E-state index in [1.807, 2.05) is 24.3 Å². The van der Waals surface area contributed by atoms with Crippen molar-refractivity contribution in [3.63, 3.8) is 0 Å². The van der Waals surface area contributed by atoms with Gasteiger partial charge in [-0.2, -0.15) is 0 Å². The highest BCUT2D eigenvalue weighted by molar-refractivity contribution is 7.92. The average Bonchev–Trinajstić information content (AvgIpc) is 2.66. The lowest BCUT2D eigenvalue weighted by Crippen LogP contribution is -2.30. The molecule has 29 heavy (non-hydrogen) atoms. The molecular weight excluding hydrogens is 392 g/mol. The number of carbonyl (C=O) groups excluding carboxylic acids is 2. The predicted molar refractivity (Wildman–Crippen MR) is 114 cm³/mol. The largest absolute Gasteiger partial charge is 0.449 e. The van der Waals surface area contributed by atoms with Crippen molar-refractivity contribution in [1.82, 2.24) is 0 Å². The Balaban J connectivity index is 2.07. The van der Waals surface area contributed by atoms with Gasteiger partial charge in [0.1, 0.15) is 0 Å². The van der Waals surface area contributed by atoms with Crippen molar-refractivity contribution < 1.29 is 22.7 Å². The van der Waals surface area contributed by atoms with Crippen molar-refractivity contribution >= 4 is 33.3 Å². The van der Waals surface area contributed by atoms with Crippen LogP contribution in [0.3, 0.4) is 0 Å². The minimum atomic E-state index is -3.47. The highest BCUT2D eigenvalue weighted by atomic mass is 32.2. The van der Waals surface area contributed by atoms with Crippen molar-refractivity contribution in [1.29, 1.82) is 0 Å². The normalized spacial score (nSPS) is 13.2. The molecular formula is C21H26N2O5S. The number of nitrogens with one attached hydrogen (secondary N) is 2. The van der Waals surface area contributed by atoms with Crippen molar-refractivity contribution in [2.75, 3.05) is 16.3 Å². The average molecular weight is 419 g/mol. The molecule has 0 aliphatic heterocycles. The van der Waals surface area contributed by atoms with Gasteiger partial charge in [0.15, 0.2) is 6.10 Å². The number of hydrogen-bond acceptors (Lipinski definition) is 5. The van der Waals surface area contributed by atoms with Crippen LogP contribution >= 0.6 is 0 Å². The molecule has 0 saturated carbocycles. The Morgan fingerprint density at radius 1 is 1.07 bits per heavy atom. The standard InChI is InChI=1S/C21H26N2O5S/c1-5-14(2)18-11-6-7-12-19(18)22-20(24)15(3)28-21(25)16-9-8-10-17(13-16)23-29(4,26)27/h6-15,23H,5H2,1-4H3,(H,22,24). The summed E-state index contributed by atoms with van der Waals surface area (Å²) >= 11 is 0. The Kier molecular flexibility index (Phi) is 7.39. The van der Waals surface area contributed by atoms with E-state index in [2.05, 4.69) is 23.9 Å². The molecule has 0 aliphatic carbocycles. The highest BCUT2D eigenvalue weighted by Gasteiger charge is 2.21. The first-order valence-electron chi connectivity index (χ1n) is 9.29. The summed E-state index contributed by atoms with van der Waals surface area (Å²) in [5.41, 5.74) is 2.08. The Hall–Kier alpha value is -2.87. The molecule has 0 saturated heterocycles. The molecule has 0 bridgehead atoms. The second-order valence-corrected chi connectivity index (χ2v) is 8.64. The first-order chi connectivity index (χ1) is 13.6. The van der Waals surface area contributed by atoms with Crippen molar-refractivity contribution in [2.45, 2.75) is 39.2 Å². The fourth-order valence-electron chi connectivity index (χ4n) is 2.70. The van der Waals surface area contributed by atoms with Crippen LogP contribution in [0.1, 0.15) is 49.0 Å². The number of para-hydroxylation sites is 1. The third kappa shape index (κ3) is 6.60. The smallest absolute Gasteiger partial charge is 0.338 e. The summed E-state index contributed by atoms with van der Waals surface area (Å²) < 4.78 is 30.2.